The molecule has 0 unspecified atom stereocenters. The number of aryl methyl sites for hydroxylation is 2. The Morgan fingerprint density at radius 2 is 1.87 bits per heavy atom. The van der Waals surface area contributed by atoms with Crippen molar-refractivity contribution in [2.45, 2.75) is 52.0 Å². The summed E-state index contributed by atoms with van der Waals surface area (Å²) in [7, 11) is -3.28. The zero-order chi connectivity index (χ0) is 17.0. The van der Waals surface area contributed by atoms with Gasteiger partial charge in [0.05, 0.1) is 6.26 Å². The van der Waals surface area contributed by atoms with E-state index < -0.39 is 10.0 Å². The van der Waals surface area contributed by atoms with E-state index in [1.165, 1.54) is 16.1 Å². The number of benzene rings is 1. The molecule has 0 atom stereocenters. The lowest BCUT2D eigenvalue weighted by Crippen LogP contribution is -2.39. The van der Waals surface area contributed by atoms with Gasteiger partial charge in [0.2, 0.25) is 15.9 Å². The molecule has 0 aliphatic heterocycles. The van der Waals surface area contributed by atoms with E-state index in [4.69, 9.17) is 0 Å². The van der Waals surface area contributed by atoms with Gasteiger partial charge in [-0.1, -0.05) is 18.9 Å². The summed E-state index contributed by atoms with van der Waals surface area (Å²) in [6.45, 7) is 4.27. The Bertz CT molecular complexity index is 664. The lowest BCUT2D eigenvalue weighted by molar-refractivity contribution is -0.116. The number of sulfonamides is 1. The van der Waals surface area contributed by atoms with Crippen molar-refractivity contribution in [3.63, 3.8) is 0 Å². The molecule has 5 nitrogen and oxygen atoms in total. The average Bonchev–Trinajstić information content (AvgIpc) is 2.95. The monoisotopic (exact) mass is 338 g/mol. The second-order valence-corrected chi connectivity index (χ2v) is 8.34. The number of anilines is 1. The first-order valence-corrected chi connectivity index (χ1v) is 9.96. The molecule has 1 aliphatic rings. The molecule has 1 aliphatic carbocycles. The van der Waals surface area contributed by atoms with Crippen LogP contribution in [0.15, 0.2) is 18.2 Å². The fourth-order valence-electron chi connectivity index (χ4n) is 3.07. The quantitative estimate of drug-likeness (QED) is 0.867. The van der Waals surface area contributed by atoms with Gasteiger partial charge in [0.25, 0.3) is 0 Å². The molecular formula is C17H26N2O3S. The topological polar surface area (TPSA) is 66.5 Å². The number of carbonyl (C=O) groups excluding carboxylic acids is 1. The van der Waals surface area contributed by atoms with Gasteiger partial charge >= 0.3 is 0 Å². The number of amides is 1. The Labute approximate surface area is 139 Å². The van der Waals surface area contributed by atoms with Crippen LogP contribution in [0.1, 0.15) is 43.2 Å². The van der Waals surface area contributed by atoms with Crippen LogP contribution in [-0.2, 0) is 14.8 Å². The highest BCUT2D eigenvalue weighted by molar-refractivity contribution is 7.88. The van der Waals surface area contributed by atoms with Gasteiger partial charge in [0.1, 0.15) is 0 Å². The minimum absolute atomic E-state index is 0.0550. The number of rotatable bonds is 6. The maximum absolute atomic E-state index is 12.1. The Kier molecular flexibility index (Phi) is 5.81. The highest BCUT2D eigenvalue weighted by Gasteiger charge is 2.29. The summed E-state index contributed by atoms with van der Waals surface area (Å²) < 4.78 is 25.4. The first-order chi connectivity index (χ1) is 10.8. The van der Waals surface area contributed by atoms with E-state index in [0.29, 0.717) is 0 Å². The van der Waals surface area contributed by atoms with E-state index in [1.54, 1.807) is 0 Å². The maximum Gasteiger partial charge on any atom is 0.225 e. The number of nitrogens with zero attached hydrogens (tertiary/aromatic N) is 1. The summed E-state index contributed by atoms with van der Waals surface area (Å²) in [4.78, 5) is 12.1. The van der Waals surface area contributed by atoms with Crippen molar-refractivity contribution in [3.8, 4) is 0 Å². The molecule has 0 heterocycles. The van der Waals surface area contributed by atoms with Crippen LogP contribution in [0, 0.1) is 13.8 Å². The number of carbonyl (C=O) groups is 1. The molecule has 1 saturated carbocycles. The molecule has 23 heavy (non-hydrogen) atoms. The maximum atomic E-state index is 12.1. The highest BCUT2D eigenvalue weighted by atomic mass is 32.2. The van der Waals surface area contributed by atoms with E-state index in [1.807, 2.05) is 32.0 Å². The molecule has 6 heteroatoms. The summed E-state index contributed by atoms with van der Waals surface area (Å²) in [6.07, 6.45) is 5.32. The molecule has 0 radical (unpaired) electrons. The molecule has 1 fully saturated rings. The zero-order valence-electron chi connectivity index (χ0n) is 14.1. The SMILES string of the molecule is Cc1ccc(NC(=O)CCN(C2CCCC2)S(C)(=O)=O)cc1C. The van der Waals surface area contributed by atoms with E-state index in [-0.39, 0.29) is 24.9 Å². The third kappa shape index (κ3) is 5.04. The van der Waals surface area contributed by atoms with Crippen LogP contribution in [0.2, 0.25) is 0 Å². The van der Waals surface area contributed by atoms with Gasteiger partial charge in [0, 0.05) is 24.7 Å². The van der Waals surface area contributed by atoms with Gasteiger partial charge in [-0.3, -0.25) is 4.79 Å². The number of hydrogen-bond donors (Lipinski definition) is 1. The molecule has 2 rings (SSSR count). The van der Waals surface area contributed by atoms with Crippen LogP contribution < -0.4 is 5.32 Å². The van der Waals surface area contributed by atoms with Crippen LogP contribution in [0.4, 0.5) is 5.69 Å². The van der Waals surface area contributed by atoms with E-state index in [9.17, 15) is 13.2 Å². The third-order valence-corrected chi connectivity index (χ3v) is 5.84. The first-order valence-electron chi connectivity index (χ1n) is 8.11. The van der Waals surface area contributed by atoms with Crippen molar-refractivity contribution in [2.75, 3.05) is 18.1 Å². The van der Waals surface area contributed by atoms with E-state index >= 15 is 0 Å². The van der Waals surface area contributed by atoms with Crippen LogP contribution in [-0.4, -0.2) is 37.5 Å². The predicted octanol–water partition coefficient (Wildman–Crippen LogP) is 2.84. The highest BCUT2D eigenvalue weighted by Crippen LogP contribution is 2.25. The summed E-state index contributed by atoms with van der Waals surface area (Å²) in [5.74, 6) is -0.153. The van der Waals surface area contributed by atoms with Crippen LogP contribution in [0.25, 0.3) is 0 Å². The molecule has 1 aromatic rings. The Morgan fingerprint density at radius 3 is 2.43 bits per heavy atom. The number of nitrogens with one attached hydrogen (secondary N) is 1. The van der Waals surface area contributed by atoms with Crippen molar-refractivity contribution in [2.24, 2.45) is 0 Å². The molecule has 0 aromatic heterocycles. The molecule has 1 N–H and O–H groups in total. The number of hydrogen-bond acceptors (Lipinski definition) is 3. The zero-order valence-corrected chi connectivity index (χ0v) is 14.9. The van der Waals surface area contributed by atoms with Crippen molar-refractivity contribution in [1.82, 2.24) is 4.31 Å². The van der Waals surface area contributed by atoms with Crippen LogP contribution >= 0.6 is 0 Å². The molecule has 0 bridgehead atoms. The summed E-state index contributed by atoms with van der Waals surface area (Å²) in [6, 6.07) is 5.82. The van der Waals surface area contributed by atoms with Crippen molar-refractivity contribution < 1.29 is 13.2 Å². The average molecular weight is 338 g/mol. The second-order valence-electron chi connectivity index (χ2n) is 6.41. The minimum atomic E-state index is -3.28. The largest absolute Gasteiger partial charge is 0.326 e. The molecular weight excluding hydrogens is 312 g/mol. The molecule has 1 aromatic carbocycles. The molecule has 1 amide bonds. The third-order valence-electron chi connectivity index (χ3n) is 4.51. The standard InChI is InChI=1S/C17H26N2O3S/c1-13-8-9-15(12-14(13)2)18-17(20)10-11-19(23(3,21)22)16-6-4-5-7-16/h8-9,12,16H,4-7,10-11H2,1-3H3,(H,18,20). The first kappa shape index (κ1) is 17.9. The normalized spacial score (nSPS) is 16.0. The molecule has 128 valence electrons. The molecule has 0 spiro atoms. The van der Waals surface area contributed by atoms with Crippen molar-refractivity contribution in [3.05, 3.63) is 29.3 Å². The van der Waals surface area contributed by atoms with Crippen LogP contribution in [0.3, 0.4) is 0 Å². The van der Waals surface area contributed by atoms with Crippen LogP contribution in [0.5, 0.6) is 0 Å². The van der Waals surface area contributed by atoms with Gasteiger partial charge in [-0.25, -0.2) is 8.42 Å². The van der Waals surface area contributed by atoms with Crippen molar-refractivity contribution in [1.29, 1.82) is 0 Å². The minimum Gasteiger partial charge on any atom is -0.326 e. The molecule has 0 saturated heterocycles. The van der Waals surface area contributed by atoms with Gasteiger partial charge in [-0.2, -0.15) is 4.31 Å². The smallest absolute Gasteiger partial charge is 0.225 e. The summed E-state index contributed by atoms with van der Waals surface area (Å²) in [5, 5.41) is 2.85. The Hall–Kier alpha value is -1.40. The van der Waals surface area contributed by atoms with E-state index in [0.717, 1.165) is 36.9 Å². The predicted molar refractivity (Wildman–Crippen MR) is 93.0 cm³/mol. The van der Waals surface area contributed by atoms with Gasteiger partial charge in [-0.15, -0.1) is 0 Å². The summed E-state index contributed by atoms with van der Waals surface area (Å²) >= 11 is 0. The second kappa shape index (κ2) is 7.45. The van der Waals surface area contributed by atoms with Gasteiger partial charge in [0.15, 0.2) is 0 Å². The lowest BCUT2D eigenvalue weighted by atomic mass is 10.1. The van der Waals surface area contributed by atoms with Gasteiger partial charge < -0.3 is 5.32 Å². The lowest BCUT2D eigenvalue weighted by Gasteiger charge is -2.26. The van der Waals surface area contributed by atoms with E-state index in [2.05, 4.69) is 5.32 Å². The summed E-state index contributed by atoms with van der Waals surface area (Å²) in [5.41, 5.74) is 3.05. The Balaban J connectivity index is 1.94. The fraction of sp³-hybridized carbons (Fsp3) is 0.588. The van der Waals surface area contributed by atoms with Crippen molar-refractivity contribution >= 4 is 21.6 Å². The fourth-order valence-corrected chi connectivity index (χ4v) is 4.24. The van der Waals surface area contributed by atoms with Gasteiger partial charge in [-0.05, 0) is 49.9 Å². The Morgan fingerprint density at radius 1 is 1.22 bits per heavy atom.